The maximum absolute atomic E-state index is 2.99. The zero-order chi connectivity index (χ0) is 30.2. The Bertz CT molecular complexity index is 1430. The van der Waals surface area contributed by atoms with Gasteiger partial charge in [0.05, 0.1) is 0 Å². The average molecular weight is 705 g/mol. The van der Waals surface area contributed by atoms with Gasteiger partial charge in [-0.15, -0.1) is 46.2 Å². The van der Waals surface area contributed by atoms with Gasteiger partial charge in [0, 0.05) is 0 Å². The van der Waals surface area contributed by atoms with E-state index in [1.54, 1.807) is 27.4 Å². The van der Waals surface area contributed by atoms with Crippen LogP contribution in [0.1, 0.15) is 103 Å². The van der Waals surface area contributed by atoms with Crippen LogP contribution >= 0.6 is 0 Å². The molecule has 44 heavy (non-hydrogen) atoms. The summed E-state index contributed by atoms with van der Waals surface area (Å²) in [6, 6.07) is 27.1. The fourth-order valence-corrected chi connectivity index (χ4v) is 7.14. The van der Waals surface area contributed by atoms with E-state index in [0.29, 0.717) is 0 Å². The first-order chi connectivity index (χ1) is 20.0. The van der Waals surface area contributed by atoms with Gasteiger partial charge in [-0.05, 0) is 10.8 Å². The third-order valence-electron chi connectivity index (χ3n) is 8.55. The van der Waals surface area contributed by atoms with Crippen molar-refractivity contribution in [1.82, 2.24) is 0 Å². The van der Waals surface area contributed by atoms with Crippen LogP contribution in [0.3, 0.4) is 0 Å². The number of hydrogen-bond acceptors (Lipinski definition) is 0. The van der Waals surface area contributed by atoms with Crippen LogP contribution in [0, 0.1) is 12.0 Å². The predicted octanol–water partition coefficient (Wildman–Crippen LogP) is 5.54. The molecule has 0 amide bonds. The summed E-state index contributed by atoms with van der Waals surface area (Å²) in [6.07, 6.45) is 20.0. The van der Waals surface area contributed by atoms with Gasteiger partial charge in [-0.25, -0.2) is 12.2 Å². The number of rotatable bonds is 4. The van der Waals surface area contributed by atoms with E-state index >= 15 is 0 Å². The second kappa shape index (κ2) is 17.9. The molecule has 0 saturated heterocycles. The zero-order valence-corrected chi connectivity index (χ0v) is 31.6. The average Bonchev–Trinajstić information content (AvgIpc) is 3.65. The van der Waals surface area contributed by atoms with Crippen LogP contribution in [0.4, 0.5) is 0 Å². The fraction of sp³-hybridized carbons (Fsp3) is 0.415. The molecule has 1 fully saturated rings. The molecule has 4 aromatic carbocycles. The second-order valence-corrected chi connectivity index (χ2v) is 16.0. The van der Waals surface area contributed by atoms with Gasteiger partial charge >= 0.3 is 114 Å². The van der Waals surface area contributed by atoms with Crippen molar-refractivity contribution in [2.75, 3.05) is 0 Å². The van der Waals surface area contributed by atoms with Crippen molar-refractivity contribution in [2.45, 2.75) is 104 Å². The number of benzene rings is 3. The van der Waals surface area contributed by atoms with Gasteiger partial charge in [-0.2, -0.15) is 6.08 Å². The Kier molecular flexibility index (Phi) is 15.7. The van der Waals surface area contributed by atoms with Crippen molar-refractivity contribution in [1.29, 1.82) is 0 Å². The summed E-state index contributed by atoms with van der Waals surface area (Å²) in [5.74, 6) is 1.01. The van der Waals surface area contributed by atoms with E-state index in [2.05, 4.69) is 126 Å². The molecule has 6 rings (SSSR count). The van der Waals surface area contributed by atoms with Gasteiger partial charge in [0.2, 0.25) is 0 Å². The molecule has 1 saturated carbocycles. The second-order valence-electron chi connectivity index (χ2n) is 14.2. The fourth-order valence-electron chi connectivity index (χ4n) is 5.93. The van der Waals surface area contributed by atoms with Crippen molar-refractivity contribution >= 4 is 24.8 Å². The topological polar surface area (TPSA) is 0 Å². The molecule has 0 spiro atoms. The van der Waals surface area contributed by atoms with Crippen LogP contribution in [0.2, 0.25) is 0 Å². The quantitative estimate of drug-likeness (QED) is 0.245. The number of allylic oxidation sites excluding steroid dienone is 4. The summed E-state index contributed by atoms with van der Waals surface area (Å²) in [5, 5.41) is 5.49. The number of fused-ring (bicyclic) bond motifs is 3. The van der Waals surface area contributed by atoms with Crippen LogP contribution < -0.4 is 24.8 Å². The molecule has 2 aliphatic carbocycles. The summed E-state index contributed by atoms with van der Waals surface area (Å²) < 4.78 is 1.75. The van der Waals surface area contributed by atoms with E-state index in [1.807, 2.05) is 12.2 Å². The molecule has 0 aromatic heterocycles. The Morgan fingerprint density at radius 3 is 1.75 bits per heavy atom. The van der Waals surface area contributed by atoms with E-state index in [-0.39, 0.29) is 35.6 Å². The minimum atomic E-state index is 0. The number of halogens is 2. The normalized spacial score (nSPS) is 14.6. The number of hydrogen-bond donors (Lipinski definition) is 0. The van der Waals surface area contributed by atoms with Gasteiger partial charge in [0.25, 0.3) is 0 Å². The SMILES string of the molecule is CC(C)(C)c1ccc2[cH-]c3ccc(C(C)(C)C)cc3c2c1.[C-]1=CC=CC1.[Cl-].[Cl-].[Zr+2]=[C](Cc1ccccc1)CC1CCCCC1. The van der Waals surface area contributed by atoms with Crippen molar-refractivity contribution < 1.29 is 49.0 Å². The summed E-state index contributed by atoms with van der Waals surface area (Å²) >= 11 is 1.65. The monoisotopic (exact) mass is 702 g/mol. The Balaban J connectivity index is 0.000000260. The van der Waals surface area contributed by atoms with Crippen molar-refractivity contribution in [2.24, 2.45) is 5.92 Å². The van der Waals surface area contributed by atoms with Gasteiger partial charge in [-0.3, -0.25) is 6.08 Å². The molecule has 234 valence electrons. The van der Waals surface area contributed by atoms with E-state index in [4.69, 9.17) is 0 Å². The minimum absolute atomic E-state index is 0. The molecule has 0 nitrogen and oxygen atoms in total. The van der Waals surface area contributed by atoms with E-state index in [9.17, 15) is 0 Å². The third-order valence-corrected chi connectivity index (χ3v) is 9.48. The molecule has 0 radical (unpaired) electrons. The molecule has 0 bridgehead atoms. The van der Waals surface area contributed by atoms with Gasteiger partial charge in [0.1, 0.15) is 0 Å². The molecule has 0 N–H and O–H groups in total. The first-order valence-corrected chi connectivity index (χ1v) is 17.2. The van der Waals surface area contributed by atoms with Gasteiger partial charge in [0.15, 0.2) is 0 Å². The molecule has 0 atom stereocenters. The van der Waals surface area contributed by atoms with Crippen LogP contribution in [-0.4, -0.2) is 3.21 Å². The van der Waals surface area contributed by atoms with E-state index in [1.165, 1.54) is 83.2 Å². The van der Waals surface area contributed by atoms with Crippen molar-refractivity contribution in [3.05, 3.63) is 114 Å². The first kappa shape index (κ1) is 38.5. The zero-order valence-electron chi connectivity index (χ0n) is 27.7. The molecule has 3 heteroatoms. The first-order valence-electron chi connectivity index (χ1n) is 16.0. The van der Waals surface area contributed by atoms with Gasteiger partial charge < -0.3 is 24.8 Å². The Labute approximate surface area is 295 Å². The summed E-state index contributed by atoms with van der Waals surface area (Å²) in [4.78, 5) is 0. The van der Waals surface area contributed by atoms with E-state index in [0.717, 1.165) is 12.3 Å². The molecule has 4 aromatic rings. The van der Waals surface area contributed by atoms with Crippen LogP contribution in [0.15, 0.2) is 91.0 Å². The maximum atomic E-state index is 2.99. The van der Waals surface area contributed by atoms with Gasteiger partial charge in [-0.1, -0.05) is 76.9 Å². The van der Waals surface area contributed by atoms with Crippen LogP contribution in [0.25, 0.3) is 21.5 Å². The molecule has 0 unspecified atom stereocenters. The summed E-state index contributed by atoms with van der Waals surface area (Å²) in [7, 11) is 0. The molecular formula is C41H50Cl2Zr-2. The third kappa shape index (κ3) is 11.6. The Hall–Kier alpha value is -1.66. The summed E-state index contributed by atoms with van der Waals surface area (Å²) in [5.41, 5.74) is 4.69. The van der Waals surface area contributed by atoms with E-state index < -0.39 is 0 Å². The molecule has 0 aliphatic heterocycles. The predicted molar refractivity (Wildman–Crippen MR) is 182 cm³/mol. The standard InChI is InChI=1S/C21H25.C15H20.C5H5.2ClH.Zr/c1-20(2,3)16-9-7-14-11-15-8-10-17(21(4,5)6)13-19(15)18(14)12-16;1-3-8-14(9-4-1)12-7-13-15-10-5-2-6-11-15;1-2-4-5-3-1;;;/h7-13H,1-6H3;1,3-4,8-9,15H,2,5-6,10-13H2;1-3H,4H2;2*1H;/q-1;;-1;;;+2/p-2. The van der Waals surface area contributed by atoms with Crippen molar-refractivity contribution in [3.8, 4) is 0 Å². The Morgan fingerprint density at radius 2 is 1.32 bits per heavy atom. The molecule has 2 aliphatic rings. The summed E-state index contributed by atoms with van der Waals surface area (Å²) in [6.45, 7) is 13.7. The molecular weight excluding hydrogens is 655 g/mol. The van der Waals surface area contributed by atoms with Crippen LogP contribution in [-0.2, 0) is 41.5 Å². The Morgan fingerprint density at radius 1 is 0.773 bits per heavy atom. The molecule has 0 heterocycles. The van der Waals surface area contributed by atoms with Crippen molar-refractivity contribution in [3.63, 3.8) is 0 Å². The van der Waals surface area contributed by atoms with Crippen LogP contribution in [0.5, 0.6) is 0 Å².